The number of hydrogen-bond acceptors (Lipinski definition) is 4. The summed E-state index contributed by atoms with van der Waals surface area (Å²) in [6.45, 7) is 5.04. The van der Waals surface area contributed by atoms with Crippen molar-refractivity contribution < 1.29 is 15.0 Å². The Hall–Kier alpha value is -2.21. The van der Waals surface area contributed by atoms with Gasteiger partial charge in [0.1, 0.15) is 6.04 Å². The van der Waals surface area contributed by atoms with Crippen LogP contribution >= 0.6 is 0 Å². The lowest BCUT2D eigenvalue weighted by atomic mass is 9.74. The number of aliphatic hydroxyl groups excluding tert-OH is 1. The minimum absolute atomic E-state index is 0.0446. The summed E-state index contributed by atoms with van der Waals surface area (Å²) in [5, 5.41) is 20.5. The van der Waals surface area contributed by atoms with Crippen LogP contribution in [0.15, 0.2) is 60.7 Å². The quantitative estimate of drug-likeness (QED) is 0.392. The highest BCUT2D eigenvalue weighted by atomic mass is 16.4. The highest BCUT2D eigenvalue weighted by molar-refractivity contribution is 5.73. The number of aliphatic carboxylic acids is 1. The lowest BCUT2D eigenvalue weighted by Crippen LogP contribution is -2.45. The Morgan fingerprint density at radius 1 is 0.974 bits per heavy atom. The maximum Gasteiger partial charge on any atom is 0.320 e. The second-order valence-corrected chi connectivity index (χ2v) is 12.4. The van der Waals surface area contributed by atoms with Crippen LogP contribution in [0.5, 0.6) is 0 Å². The van der Waals surface area contributed by atoms with Crippen molar-refractivity contribution in [2.75, 3.05) is 39.3 Å². The second kappa shape index (κ2) is 12.8. The van der Waals surface area contributed by atoms with Gasteiger partial charge in [-0.2, -0.15) is 0 Å². The van der Waals surface area contributed by atoms with Gasteiger partial charge < -0.3 is 15.1 Å². The van der Waals surface area contributed by atoms with Crippen LogP contribution in [0.4, 0.5) is 0 Å². The summed E-state index contributed by atoms with van der Waals surface area (Å²) in [6.07, 6.45) is 9.80. The zero-order valence-electron chi connectivity index (χ0n) is 22.9. The van der Waals surface area contributed by atoms with Gasteiger partial charge >= 0.3 is 5.97 Å². The molecule has 0 amide bonds. The van der Waals surface area contributed by atoms with Crippen molar-refractivity contribution in [1.82, 2.24) is 9.80 Å². The molecule has 0 spiro atoms. The normalized spacial score (nSPS) is 25.2. The molecule has 2 N–H and O–H groups in total. The summed E-state index contributed by atoms with van der Waals surface area (Å²) in [7, 11) is 0. The number of carbonyl (C=O) groups is 1. The number of nitrogens with zero attached hydrogens (tertiary/aromatic N) is 2. The number of likely N-dealkylation sites (tertiary alicyclic amines) is 2. The molecule has 2 heterocycles. The number of aliphatic hydroxyl groups is 1. The largest absolute Gasteiger partial charge is 0.480 e. The Labute approximate surface area is 228 Å². The van der Waals surface area contributed by atoms with Gasteiger partial charge in [0.25, 0.3) is 0 Å². The molecule has 5 rings (SSSR count). The monoisotopic (exact) mass is 518 g/mol. The smallest absolute Gasteiger partial charge is 0.320 e. The van der Waals surface area contributed by atoms with Gasteiger partial charge in [-0.1, -0.05) is 79.9 Å². The van der Waals surface area contributed by atoms with Gasteiger partial charge in [-0.25, -0.2) is 0 Å². The molecule has 2 saturated heterocycles. The topological polar surface area (TPSA) is 64.0 Å². The first-order valence-electron chi connectivity index (χ1n) is 14.9. The van der Waals surface area contributed by atoms with E-state index in [1.165, 1.54) is 30.4 Å². The molecular weight excluding hydrogens is 472 g/mol. The number of piperidine rings is 1. The molecule has 5 heteroatoms. The number of carboxylic acids is 1. The molecule has 2 aliphatic heterocycles. The van der Waals surface area contributed by atoms with Gasteiger partial charge in [0.05, 0.1) is 0 Å². The lowest BCUT2D eigenvalue weighted by molar-refractivity contribution is -0.144. The summed E-state index contributed by atoms with van der Waals surface area (Å²) >= 11 is 0. The maximum atomic E-state index is 12.3. The standard InChI is InChI=1S/C33H46N2O3/c36-25-33(16-8-13-26-9-3-1-4-10-26)17-19-34(20-18-33)22-29-23-35(24-30(29)28-14-5-2-6-15-28)31(32(37)38)21-27-11-7-12-27/h1-6,9-10,14-15,27,29-31,36H,7-8,11-13,16-25H2,(H,37,38). The van der Waals surface area contributed by atoms with Crippen molar-refractivity contribution in [3.63, 3.8) is 0 Å². The van der Waals surface area contributed by atoms with Crippen LogP contribution < -0.4 is 0 Å². The predicted octanol–water partition coefficient (Wildman–Crippen LogP) is 5.44. The summed E-state index contributed by atoms with van der Waals surface area (Å²) in [5.41, 5.74) is 2.77. The molecule has 3 atom stereocenters. The molecule has 38 heavy (non-hydrogen) atoms. The average molecular weight is 519 g/mol. The molecule has 0 aromatic heterocycles. The van der Waals surface area contributed by atoms with E-state index in [1.54, 1.807) is 0 Å². The zero-order valence-corrected chi connectivity index (χ0v) is 22.9. The van der Waals surface area contributed by atoms with Crippen LogP contribution in [-0.4, -0.2) is 71.4 Å². The van der Waals surface area contributed by atoms with Gasteiger partial charge in [-0.05, 0) is 80.0 Å². The van der Waals surface area contributed by atoms with Gasteiger partial charge in [0.2, 0.25) is 0 Å². The molecule has 0 radical (unpaired) electrons. The van der Waals surface area contributed by atoms with E-state index in [-0.39, 0.29) is 18.1 Å². The van der Waals surface area contributed by atoms with Gasteiger partial charge in [-0.15, -0.1) is 0 Å². The fourth-order valence-corrected chi connectivity index (χ4v) is 7.21. The molecule has 206 valence electrons. The Kier molecular flexibility index (Phi) is 9.19. The Bertz CT molecular complexity index is 1000. The van der Waals surface area contributed by atoms with Crippen molar-refractivity contribution in [2.45, 2.75) is 69.7 Å². The fourth-order valence-electron chi connectivity index (χ4n) is 7.21. The molecule has 2 aromatic rings. The molecule has 1 saturated carbocycles. The van der Waals surface area contributed by atoms with E-state index in [0.29, 0.717) is 17.8 Å². The Morgan fingerprint density at radius 2 is 1.66 bits per heavy atom. The minimum atomic E-state index is -0.648. The van der Waals surface area contributed by atoms with E-state index in [0.717, 1.165) is 71.2 Å². The Morgan fingerprint density at radius 3 is 2.26 bits per heavy atom. The average Bonchev–Trinajstić information content (AvgIpc) is 3.33. The summed E-state index contributed by atoms with van der Waals surface area (Å²) in [5.74, 6) is 0.738. The molecule has 3 aliphatic rings. The van der Waals surface area contributed by atoms with Gasteiger partial charge in [0, 0.05) is 32.2 Å². The molecule has 0 bridgehead atoms. The zero-order chi connectivity index (χ0) is 26.4. The molecule has 2 aromatic carbocycles. The first-order chi connectivity index (χ1) is 18.5. The van der Waals surface area contributed by atoms with Crippen molar-refractivity contribution in [2.24, 2.45) is 17.3 Å². The molecule has 1 aliphatic carbocycles. The van der Waals surface area contributed by atoms with Crippen molar-refractivity contribution >= 4 is 5.97 Å². The third-order valence-corrected chi connectivity index (χ3v) is 9.96. The third-order valence-electron chi connectivity index (χ3n) is 9.96. The number of benzene rings is 2. The number of rotatable bonds is 12. The van der Waals surface area contributed by atoms with Crippen molar-refractivity contribution in [3.05, 3.63) is 71.8 Å². The number of carboxylic acid groups (broad SMARTS) is 1. The third kappa shape index (κ3) is 6.67. The van der Waals surface area contributed by atoms with Crippen LogP contribution in [0, 0.1) is 17.3 Å². The molecule has 5 nitrogen and oxygen atoms in total. The van der Waals surface area contributed by atoms with Gasteiger partial charge in [0.15, 0.2) is 0 Å². The van der Waals surface area contributed by atoms with E-state index in [2.05, 4.69) is 70.5 Å². The van der Waals surface area contributed by atoms with E-state index in [9.17, 15) is 15.0 Å². The SMILES string of the molecule is O=C(O)C(CC1CCC1)N1CC(CN2CCC(CO)(CCCc3ccccc3)CC2)C(c2ccccc2)C1. The summed E-state index contributed by atoms with van der Waals surface area (Å²) < 4.78 is 0. The van der Waals surface area contributed by atoms with E-state index in [4.69, 9.17) is 0 Å². The van der Waals surface area contributed by atoms with Crippen LogP contribution in [0.1, 0.15) is 68.4 Å². The van der Waals surface area contributed by atoms with E-state index < -0.39 is 5.97 Å². The van der Waals surface area contributed by atoms with Crippen LogP contribution in [-0.2, 0) is 11.2 Å². The second-order valence-electron chi connectivity index (χ2n) is 12.4. The molecular formula is C33H46N2O3. The van der Waals surface area contributed by atoms with Gasteiger partial charge in [-0.3, -0.25) is 9.69 Å². The maximum absolute atomic E-state index is 12.3. The number of hydrogen-bond donors (Lipinski definition) is 2. The number of aryl methyl sites for hydroxylation is 1. The molecule has 3 fully saturated rings. The highest BCUT2D eigenvalue weighted by Gasteiger charge is 2.42. The Balaban J connectivity index is 1.19. The summed E-state index contributed by atoms with van der Waals surface area (Å²) in [4.78, 5) is 17.2. The van der Waals surface area contributed by atoms with Crippen LogP contribution in [0.2, 0.25) is 0 Å². The highest BCUT2D eigenvalue weighted by Crippen LogP contribution is 2.40. The van der Waals surface area contributed by atoms with Crippen LogP contribution in [0.25, 0.3) is 0 Å². The van der Waals surface area contributed by atoms with Crippen LogP contribution in [0.3, 0.4) is 0 Å². The van der Waals surface area contributed by atoms with E-state index >= 15 is 0 Å². The first-order valence-corrected chi connectivity index (χ1v) is 14.9. The van der Waals surface area contributed by atoms with Crippen molar-refractivity contribution in [3.8, 4) is 0 Å². The van der Waals surface area contributed by atoms with Crippen molar-refractivity contribution in [1.29, 1.82) is 0 Å². The summed E-state index contributed by atoms with van der Waals surface area (Å²) in [6, 6.07) is 21.1. The minimum Gasteiger partial charge on any atom is -0.480 e. The lowest BCUT2D eigenvalue weighted by Gasteiger charge is -2.42. The van der Waals surface area contributed by atoms with E-state index in [1.807, 2.05) is 0 Å². The first kappa shape index (κ1) is 27.4. The molecule has 3 unspecified atom stereocenters. The fraction of sp³-hybridized carbons (Fsp3) is 0.606. The predicted molar refractivity (Wildman–Crippen MR) is 152 cm³/mol.